The highest BCUT2D eigenvalue weighted by Crippen LogP contribution is 2.08. The summed E-state index contributed by atoms with van der Waals surface area (Å²) in [6.45, 7) is 0.184. The second kappa shape index (κ2) is 8.68. The largest absolute Gasteiger partial charge is 0.352 e. The first-order valence-corrected chi connectivity index (χ1v) is 9.56. The smallest absolute Gasteiger partial charge is 0.221 e. The molecule has 0 aliphatic carbocycles. The lowest BCUT2D eigenvalue weighted by Crippen LogP contribution is -2.34. The molecule has 0 aliphatic rings. The molecule has 25 heavy (non-hydrogen) atoms. The van der Waals surface area contributed by atoms with Crippen LogP contribution in [0.15, 0.2) is 48.7 Å². The lowest BCUT2D eigenvalue weighted by molar-refractivity contribution is -0.121. The van der Waals surface area contributed by atoms with Gasteiger partial charge in [-0.25, -0.2) is 12.8 Å². The summed E-state index contributed by atoms with van der Waals surface area (Å²) in [6.07, 6.45) is 2.65. The van der Waals surface area contributed by atoms with Crippen molar-refractivity contribution in [2.45, 2.75) is 19.5 Å². The summed E-state index contributed by atoms with van der Waals surface area (Å²) in [5, 5.41) is 2.59. The van der Waals surface area contributed by atoms with Crippen LogP contribution in [0.4, 0.5) is 4.39 Å². The van der Waals surface area contributed by atoms with Gasteiger partial charge < -0.3 is 5.32 Å². The lowest BCUT2D eigenvalue weighted by atomic mass is 10.2. The Kier molecular flexibility index (Phi) is 6.60. The van der Waals surface area contributed by atoms with Crippen LogP contribution in [0.5, 0.6) is 0 Å². The molecule has 1 aromatic carbocycles. The van der Waals surface area contributed by atoms with Crippen molar-refractivity contribution in [2.24, 2.45) is 0 Å². The van der Waals surface area contributed by atoms with Gasteiger partial charge in [0.05, 0.1) is 18.5 Å². The van der Waals surface area contributed by atoms with Gasteiger partial charge in [-0.2, -0.15) is 4.31 Å². The number of amides is 1. The van der Waals surface area contributed by atoms with E-state index >= 15 is 0 Å². The van der Waals surface area contributed by atoms with Crippen LogP contribution >= 0.6 is 0 Å². The van der Waals surface area contributed by atoms with Crippen LogP contribution < -0.4 is 5.32 Å². The number of nitrogens with one attached hydrogen (secondary N) is 1. The predicted molar refractivity (Wildman–Crippen MR) is 92.4 cm³/mol. The molecule has 8 heteroatoms. The molecule has 0 spiro atoms. The Labute approximate surface area is 146 Å². The normalized spacial score (nSPS) is 11.5. The SMILES string of the molecule is CS(=O)(=O)N(CCC(=O)NCc1ccccc1F)Cc1ccccn1. The maximum absolute atomic E-state index is 13.5. The van der Waals surface area contributed by atoms with Crippen LogP contribution in [-0.2, 0) is 27.9 Å². The Morgan fingerprint density at radius 3 is 2.56 bits per heavy atom. The molecule has 0 fully saturated rings. The average Bonchev–Trinajstić information content (AvgIpc) is 2.57. The van der Waals surface area contributed by atoms with E-state index in [4.69, 9.17) is 0 Å². The van der Waals surface area contributed by atoms with E-state index in [0.29, 0.717) is 11.3 Å². The number of aromatic nitrogens is 1. The van der Waals surface area contributed by atoms with E-state index in [2.05, 4.69) is 10.3 Å². The van der Waals surface area contributed by atoms with Gasteiger partial charge in [0, 0.05) is 31.3 Å². The highest BCUT2D eigenvalue weighted by Gasteiger charge is 2.18. The van der Waals surface area contributed by atoms with Crippen molar-refractivity contribution in [1.82, 2.24) is 14.6 Å². The summed E-state index contributed by atoms with van der Waals surface area (Å²) in [5.74, 6) is -0.742. The average molecular weight is 365 g/mol. The number of benzene rings is 1. The second-order valence-electron chi connectivity index (χ2n) is 5.54. The summed E-state index contributed by atoms with van der Waals surface area (Å²) in [4.78, 5) is 16.0. The fourth-order valence-electron chi connectivity index (χ4n) is 2.18. The van der Waals surface area contributed by atoms with Crippen LogP contribution in [0.3, 0.4) is 0 Å². The third-order valence-corrected chi connectivity index (χ3v) is 4.81. The molecule has 0 radical (unpaired) electrons. The maximum atomic E-state index is 13.5. The van der Waals surface area contributed by atoms with Gasteiger partial charge in [0.15, 0.2) is 0 Å². The number of hydrogen-bond donors (Lipinski definition) is 1. The minimum Gasteiger partial charge on any atom is -0.352 e. The molecule has 1 N–H and O–H groups in total. The molecule has 6 nitrogen and oxygen atoms in total. The molecule has 2 rings (SSSR count). The number of halogens is 1. The zero-order chi connectivity index (χ0) is 18.3. The van der Waals surface area contributed by atoms with Gasteiger partial charge in [-0.3, -0.25) is 9.78 Å². The maximum Gasteiger partial charge on any atom is 0.221 e. The molecular formula is C17H20FN3O3S. The lowest BCUT2D eigenvalue weighted by Gasteiger charge is -2.19. The molecular weight excluding hydrogens is 345 g/mol. The molecule has 0 atom stereocenters. The highest BCUT2D eigenvalue weighted by atomic mass is 32.2. The molecule has 0 saturated heterocycles. The minimum atomic E-state index is -3.48. The van der Waals surface area contributed by atoms with E-state index in [1.54, 1.807) is 42.6 Å². The molecule has 0 bridgehead atoms. The van der Waals surface area contributed by atoms with Crippen LogP contribution in [0.1, 0.15) is 17.7 Å². The van der Waals surface area contributed by atoms with Crippen molar-refractivity contribution in [3.63, 3.8) is 0 Å². The fraction of sp³-hybridized carbons (Fsp3) is 0.294. The van der Waals surface area contributed by atoms with Crippen molar-refractivity contribution in [1.29, 1.82) is 0 Å². The van der Waals surface area contributed by atoms with Crippen molar-refractivity contribution >= 4 is 15.9 Å². The molecule has 1 aromatic heterocycles. The Bertz CT molecular complexity index is 813. The van der Waals surface area contributed by atoms with Gasteiger partial charge in [0.2, 0.25) is 15.9 Å². The molecule has 0 unspecified atom stereocenters. The summed E-state index contributed by atoms with van der Waals surface area (Å²) < 4.78 is 38.5. The summed E-state index contributed by atoms with van der Waals surface area (Å²) >= 11 is 0. The van der Waals surface area contributed by atoms with Gasteiger partial charge >= 0.3 is 0 Å². The number of carbonyl (C=O) groups is 1. The zero-order valence-corrected chi connectivity index (χ0v) is 14.7. The van der Waals surface area contributed by atoms with Gasteiger partial charge in [0.25, 0.3) is 0 Å². The standard InChI is InChI=1S/C17H20FN3O3S/c1-25(23,24)21(13-15-7-4-5-10-19-15)11-9-17(22)20-12-14-6-2-3-8-16(14)18/h2-8,10H,9,11-13H2,1H3,(H,20,22). The first-order valence-electron chi connectivity index (χ1n) is 7.71. The zero-order valence-electron chi connectivity index (χ0n) is 13.9. The van der Waals surface area contributed by atoms with Crippen molar-refractivity contribution in [3.8, 4) is 0 Å². The second-order valence-corrected chi connectivity index (χ2v) is 7.52. The van der Waals surface area contributed by atoms with E-state index in [1.807, 2.05) is 0 Å². The van der Waals surface area contributed by atoms with E-state index in [0.717, 1.165) is 6.26 Å². The molecule has 2 aromatic rings. The third kappa shape index (κ3) is 6.24. The Morgan fingerprint density at radius 1 is 1.20 bits per heavy atom. The third-order valence-electron chi connectivity index (χ3n) is 3.56. The number of sulfonamides is 1. The number of pyridine rings is 1. The first-order chi connectivity index (χ1) is 11.9. The number of hydrogen-bond acceptors (Lipinski definition) is 4. The van der Waals surface area contributed by atoms with Crippen LogP contribution in [0, 0.1) is 5.82 Å². The van der Waals surface area contributed by atoms with E-state index < -0.39 is 15.8 Å². The van der Waals surface area contributed by atoms with E-state index in [-0.39, 0.29) is 32.0 Å². The minimum absolute atomic E-state index is 0.0195. The first kappa shape index (κ1) is 19.0. The highest BCUT2D eigenvalue weighted by molar-refractivity contribution is 7.88. The van der Waals surface area contributed by atoms with Crippen LogP contribution in [0.2, 0.25) is 0 Å². The summed E-state index contributed by atoms with van der Waals surface area (Å²) in [6, 6.07) is 11.4. The van der Waals surface area contributed by atoms with Crippen molar-refractivity contribution in [3.05, 3.63) is 65.7 Å². The van der Waals surface area contributed by atoms with E-state index in [9.17, 15) is 17.6 Å². The van der Waals surface area contributed by atoms with Crippen molar-refractivity contribution < 1.29 is 17.6 Å². The molecule has 1 amide bonds. The molecule has 0 saturated carbocycles. The fourth-order valence-corrected chi connectivity index (χ4v) is 2.97. The van der Waals surface area contributed by atoms with E-state index in [1.165, 1.54) is 10.4 Å². The molecule has 134 valence electrons. The van der Waals surface area contributed by atoms with Gasteiger partial charge in [-0.1, -0.05) is 24.3 Å². The quantitative estimate of drug-likeness (QED) is 0.772. The predicted octanol–water partition coefficient (Wildman–Crippen LogP) is 1.69. The number of nitrogens with zero attached hydrogens (tertiary/aromatic N) is 2. The molecule has 0 aliphatic heterocycles. The number of rotatable bonds is 8. The summed E-state index contributed by atoms with van der Waals surface area (Å²) in [7, 11) is -3.48. The topological polar surface area (TPSA) is 79.4 Å². The Hall–Kier alpha value is -2.32. The van der Waals surface area contributed by atoms with Crippen molar-refractivity contribution in [2.75, 3.05) is 12.8 Å². The van der Waals surface area contributed by atoms with Crippen LogP contribution in [0.25, 0.3) is 0 Å². The molecule has 1 heterocycles. The summed E-state index contributed by atoms with van der Waals surface area (Å²) in [5.41, 5.74) is 0.976. The van der Waals surface area contributed by atoms with Gasteiger partial charge in [-0.05, 0) is 18.2 Å². The Morgan fingerprint density at radius 2 is 1.92 bits per heavy atom. The monoisotopic (exact) mass is 365 g/mol. The van der Waals surface area contributed by atoms with Crippen LogP contribution in [-0.4, -0.2) is 36.4 Å². The number of carbonyl (C=O) groups excluding carboxylic acids is 1. The van der Waals surface area contributed by atoms with Gasteiger partial charge in [0.1, 0.15) is 5.82 Å². The Balaban J connectivity index is 1.89. The van der Waals surface area contributed by atoms with Gasteiger partial charge in [-0.15, -0.1) is 0 Å².